The number of quaternary nitrogens is 2. The minimum atomic E-state index is 0.843. The van der Waals surface area contributed by atoms with E-state index < -0.39 is 0 Å². The molecule has 0 aromatic heterocycles. The Hall–Kier alpha value is -0.570. The molecule has 1 aromatic carbocycles. The third-order valence-electron chi connectivity index (χ3n) is 5.44. The first-order chi connectivity index (χ1) is 10.2. The highest BCUT2D eigenvalue weighted by Crippen LogP contribution is 2.10. The van der Waals surface area contributed by atoms with Gasteiger partial charge in [0, 0.05) is 29.3 Å². The second kappa shape index (κ2) is 7.13. The van der Waals surface area contributed by atoms with Crippen molar-refractivity contribution in [2.24, 2.45) is 5.92 Å². The maximum absolute atomic E-state index is 5.96. The van der Waals surface area contributed by atoms with E-state index >= 15 is 0 Å². The van der Waals surface area contributed by atoms with Gasteiger partial charge >= 0.3 is 0 Å². The molecule has 0 aliphatic carbocycles. The molecule has 2 N–H and O–H groups in total. The number of benzene rings is 1. The van der Waals surface area contributed by atoms with Crippen LogP contribution in [0.3, 0.4) is 0 Å². The summed E-state index contributed by atoms with van der Waals surface area (Å²) in [4.78, 5) is 3.65. The molecule has 0 amide bonds. The molecule has 0 saturated carbocycles. The predicted molar refractivity (Wildman–Crippen MR) is 88.0 cm³/mol. The topological polar surface area (TPSA) is 8.88 Å². The van der Waals surface area contributed by atoms with Gasteiger partial charge in [0.1, 0.15) is 6.54 Å². The number of likely N-dealkylation sites (tertiary alicyclic amines) is 2. The minimum absolute atomic E-state index is 0.843. The zero-order chi connectivity index (χ0) is 14.7. The van der Waals surface area contributed by atoms with E-state index in [0.29, 0.717) is 0 Å². The van der Waals surface area contributed by atoms with Gasteiger partial charge in [-0.3, -0.25) is 0 Å². The Kier molecular flexibility index (Phi) is 5.20. The SMILES string of the molecule is CC1CCC[NH+](C2CC[NH+](Cc3ccc(Cl)cc3)CC2)C1. The van der Waals surface area contributed by atoms with E-state index in [0.717, 1.165) is 23.5 Å². The molecule has 1 aromatic rings. The normalized spacial score (nSPS) is 33.8. The van der Waals surface area contributed by atoms with Crippen molar-refractivity contribution >= 4 is 11.6 Å². The van der Waals surface area contributed by atoms with E-state index in [1.54, 1.807) is 4.90 Å². The van der Waals surface area contributed by atoms with E-state index in [9.17, 15) is 0 Å². The summed E-state index contributed by atoms with van der Waals surface area (Å²) in [6.07, 6.45) is 5.70. The van der Waals surface area contributed by atoms with Gasteiger partial charge in [-0.05, 0) is 25.0 Å². The lowest BCUT2D eigenvalue weighted by atomic mass is 9.95. The molecular weight excluding hydrogens is 280 g/mol. The summed E-state index contributed by atoms with van der Waals surface area (Å²) in [6.45, 7) is 9.10. The predicted octanol–water partition coefficient (Wildman–Crippen LogP) is 1.20. The lowest BCUT2D eigenvalue weighted by Crippen LogP contribution is -3.21. The quantitative estimate of drug-likeness (QED) is 0.830. The van der Waals surface area contributed by atoms with Gasteiger partial charge in [0.2, 0.25) is 0 Å². The van der Waals surface area contributed by atoms with Crippen LogP contribution in [0.25, 0.3) is 0 Å². The Morgan fingerprint density at radius 1 is 1.05 bits per heavy atom. The van der Waals surface area contributed by atoms with E-state index in [-0.39, 0.29) is 0 Å². The van der Waals surface area contributed by atoms with Crippen molar-refractivity contribution in [3.63, 3.8) is 0 Å². The second-order valence-corrected chi connectivity index (χ2v) is 7.62. The summed E-state index contributed by atoms with van der Waals surface area (Å²) >= 11 is 5.96. The lowest BCUT2D eigenvalue weighted by molar-refractivity contribution is -0.967. The Labute approximate surface area is 134 Å². The van der Waals surface area contributed by atoms with Crippen molar-refractivity contribution in [3.8, 4) is 0 Å². The highest BCUT2D eigenvalue weighted by Gasteiger charge is 2.32. The van der Waals surface area contributed by atoms with Gasteiger partial charge in [-0.2, -0.15) is 0 Å². The molecule has 116 valence electrons. The number of piperidine rings is 2. The summed E-state index contributed by atoms with van der Waals surface area (Å²) in [7, 11) is 0. The zero-order valence-corrected chi connectivity index (χ0v) is 14.0. The third kappa shape index (κ3) is 4.21. The summed E-state index contributed by atoms with van der Waals surface area (Å²) < 4.78 is 0. The number of rotatable bonds is 3. The molecule has 3 rings (SSSR count). The van der Waals surface area contributed by atoms with Gasteiger partial charge in [-0.1, -0.05) is 30.7 Å². The average Bonchev–Trinajstić information content (AvgIpc) is 2.50. The number of hydrogen-bond acceptors (Lipinski definition) is 0. The van der Waals surface area contributed by atoms with Crippen LogP contribution in [-0.4, -0.2) is 32.2 Å². The van der Waals surface area contributed by atoms with Gasteiger partial charge in [-0.25, -0.2) is 0 Å². The maximum Gasteiger partial charge on any atom is 0.103 e. The molecule has 2 nitrogen and oxygen atoms in total. The largest absolute Gasteiger partial charge is 0.332 e. The molecule has 3 heteroatoms. The first-order valence-electron chi connectivity index (χ1n) is 8.63. The first kappa shape index (κ1) is 15.3. The first-order valence-corrected chi connectivity index (χ1v) is 9.01. The maximum atomic E-state index is 5.96. The molecule has 2 aliphatic rings. The van der Waals surface area contributed by atoms with Crippen molar-refractivity contribution in [2.75, 3.05) is 26.2 Å². The van der Waals surface area contributed by atoms with Gasteiger partial charge in [0.05, 0.1) is 32.2 Å². The second-order valence-electron chi connectivity index (χ2n) is 7.19. The molecule has 0 spiro atoms. The molecule has 2 saturated heterocycles. The fraction of sp³-hybridized carbons (Fsp3) is 0.667. The molecule has 2 unspecified atom stereocenters. The van der Waals surface area contributed by atoms with Crippen molar-refractivity contribution in [1.82, 2.24) is 0 Å². The average molecular weight is 309 g/mol. The van der Waals surface area contributed by atoms with E-state index in [2.05, 4.69) is 19.1 Å². The van der Waals surface area contributed by atoms with Crippen LogP contribution in [0.2, 0.25) is 5.02 Å². The van der Waals surface area contributed by atoms with Gasteiger partial charge < -0.3 is 9.80 Å². The van der Waals surface area contributed by atoms with Crippen molar-refractivity contribution in [2.45, 2.75) is 45.2 Å². The lowest BCUT2D eigenvalue weighted by Gasteiger charge is -2.37. The number of nitrogens with one attached hydrogen (secondary N) is 2. The minimum Gasteiger partial charge on any atom is -0.332 e. The molecular formula is C18H29ClN2+2. The van der Waals surface area contributed by atoms with Crippen LogP contribution in [-0.2, 0) is 6.54 Å². The fourth-order valence-electron chi connectivity index (χ4n) is 4.20. The number of hydrogen-bond donors (Lipinski definition) is 2. The van der Waals surface area contributed by atoms with E-state index in [4.69, 9.17) is 11.6 Å². The monoisotopic (exact) mass is 308 g/mol. The molecule has 21 heavy (non-hydrogen) atoms. The van der Waals surface area contributed by atoms with Gasteiger partial charge in [0.25, 0.3) is 0 Å². The van der Waals surface area contributed by atoms with Crippen molar-refractivity contribution in [3.05, 3.63) is 34.9 Å². The van der Waals surface area contributed by atoms with Gasteiger partial charge in [-0.15, -0.1) is 0 Å². The van der Waals surface area contributed by atoms with Crippen LogP contribution >= 0.6 is 11.6 Å². The molecule has 2 heterocycles. The van der Waals surface area contributed by atoms with Crippen LogP contribution in [0.5, 0.6) is 0 Å². The van der Waals surface area contributed by atoms with Crippen LogP contribution in [0, 0.1) is 5.92 Å². The summed E-state index contributed by atoms with van der Waals surface area (Å²) in [5.74, 6) is 0.938. The van der Waals surface area contributed by atoms with Crippen LogP contribution < -0.4 is 9.80 Å². The van der Waals surface area contributed by atoms with Crippen LogP contribution in [0.1, 0.15) is 38.2 Å². The highest BCUT2D eigenvalue weighted by atomic mass is 35.5. The number of halogens is 1. The standard InChI is InChI=1S/C18H27ClN2/c1-15-3-2-10-21(13-15)18-8-11-20(12-9-18)14-16-4-6-17(19)7-5-16/h4-7,15,18H,2-3,8-14H2,1H3/p+2. The fourth-order valence-corrected chi connectivity index (χ4v) is 4.33. The molecule has 2 aliphatic heterocycles. The summed E-state index contributed by atoms with van der Waals surface area (Å²) in [5, 5.41) is 0.843. The van der Waals surface area contributed by atoms with Crippen molar-refractivity contribution in [1.29, 1.82) is 0 Å². The van der Waals surface area contributed by atoms with E-state index in [1.165, 1.54) is 57.4 Å². The van der Waals surface area contributed by atoms with Crippen LogP contribution in [0.4, 0.5) is 0 Å². The Morgan fingerprint density at radius 2 is 1.76 bits per heavy atom. The Balaban J connectivity index is 1.47. The molecule has 0 bridgehead atoms. The van der Waals surface area contributed by atoms with Gasteiger partial charge in [0.15, 0.2) is 0 Å². The summed E-state index contributed by atoms with van der Waals surface area (Å²) in [5.41, 5.74) is 1.42. The molecule has 2 fully saturated rings. The molecule has 0 radical (unpaired) electrons. The summed E-state index contributed by atoms with van der Waals surface area (Å²) in [6, 6.07) is 9.32. The Morgan fingerprint density at radius 3 is 2.43 bits per heavy atom. The van der Waals surface area contributed by atoms with Crippen LogP contribution in [0.15, 0.2) is 24.3 Å². The van der Waals surface area contributed by atoms with E-state index in [1.807, 2.05) is 17.0 Å². The van der Waals surface area contributed by atoms with Crippen molar-refractivity contribution < 1.29 is 9.80 Å². The zero-order valence-electron chi connectivity index (χ0n) is 13.2. The molecule has 2 atom stereocenters. The Bertz CT molecular complexity index is 437. The highest BCUT2D eigenvalue weighted by molar-refractivity contribution is 6.30. The third-order valence-corrected chi connectivity index (χ3v) is 5.69. The smallest absolute Gasteiger partial charge is 0.103 e.